The highest BCUT2D eigenvalue weighted by molar-refractivity contribution is 5.90. The monoisotopic (exact) mass is 286 g/mol. The number of nitrogens with one attached hydrogen (secondary N) is 1. The molecule has 0 aromatic carbocycles. The summed E-state index contributed by atoms with van der Waals surface area (Å²) in [7, 11) is 0. The molecule has 0 bridgehead atoms. The normalized spacial score (nSPS) is 11.6. The van der Waals surface area contributed by atoms with Crippen LogP contribution in [0.4, 0.5) is 0 Å². The van der Waals surface area contributed by atoms with Crippen molar-refractivity contribution in [2.75, 3.05) is 13.2 Å². The first-order valence-electron chi connectivity index (χ1n) is 7.03. The fourth-order valence-electron chi connectivity index (χ4n) is 2.34. The second-order valence-corrected chi connectivity index (χ2v) is 4.50. The Morgan fingerprint density at radius 1 is 1.19 bits per heavy atom. The third kappa shape index (κ3) is 2.55. The van der Waals surface area contributed by atoms with Crippen LogP contribution >= 0.6 is 0 Å². The molecule has 6 nitrogen and oxygen atoms in total. The maximum atomic E-state index is 5.64. The van der Waals surface area contributed by atoms with E-state index in [-0.39, 0.29) is 0 Å². The highest BCUT2D eigenvalue weighted by Crippen LogP contribution is 2.27. The van der Waals surface area contributed by atoms with Gasteiger partial charge in [0.25, 0.3) is 0 Å². The minimum atomic E-state index is -0.466. The van der Waals surface area contributed by atoms with Crippen LogP contribution in [0.1, 0.15) is 20.3 Å². The molecule has 3 rings (SSSR count). The summed E-state index contributed by atoms with van der Waals surface area (Å²) >= 11 is 0. The molecule has 0 saturated heterocycles. The molecule has 1 N–H and O–H groups in total. The average molecular weight is 286 g/mol. The van der Waals surface area contributed by atoms with Gasteiger partial charge in [-0.2, -0.15) is 0 Å². The second kappa shape index (κ2) is 6.07. The van der Waals surface area contributed by atoms with Gasteiger partial charge in [-0.15, -0.1) is 0 Å². The first-order valence-corrected chi connectivity index (χ1v) is 7.03. The lowest BCUT2D eigenvalue weighted by molar-refractivity contribution is -0.183. The molecule has 0 spiro atoms. The molecule has 0 aliphatic carbocycles. The fraction of sp³-hybridized carbons (Fsp3) is 0.333. The Morgan fingerprint density at radius 2 is 2.00 bits per heavy atom. The van der Waals surface area contributed by atoms with Gasteiger partial charge in [0.05, 0.1) is 5.69 Å². The standard InChI is InChI=1S/C15H18N4O2/c1-3-20-15(21-4-2)19-8-6-12-13(11-5-7-16-9-11)17-10-18-14(12)19/h5-10,15-16H,3-4H2,1-2H3. The molecule has 0 unspecified atom stereocenters. The predicted molar refractivity (Wildman–Crippen MR) is 79.6 cm³/mol. The van der Waals surface area contributed by atoms with E-state index in [1.165, 1.54) is 0 Å². The van der Waals surface area contributed by atoms with Gasteiger partial charge < -0.3 is 14.5 Å². The van der Waals surface area contributed by atoms with Crippen LogP contribution in [-0.4, -0.2) is 32.7 Å². The van der Waals surface area contributed by atoms with Gasteiger partial charge in [0.1, 0.15) is 12.0 Å². The number of ether oxygens (including phenoxy) is 2. The third-order valence-corrected chi connectivity index (χ3v) is 3.23. The molecule has 3 aromatic rings. The Balaban J connectivity index is 2.08. The Morgan fingerprint density at radius 3 is 2.67 bits per heavy atom. The topological polar surface area (TPSA) is 65.0 Å². The van der Waals surface area contributed by atoms with Gasteiger partial charge in [-0.05, 0) is 26.0 Å². The lowest BCUT2D eigenvalue weighted by Gasteiger charge is -2.18. The van der Waals surface area contributed by atoms with Gasteiger partial charge in [0, 0.05) is 42.8 Å². The maximum absolute atomic E-state index is 5.64. The summed E-state index contributed by atoms with van der Waals surface area (Å²) in [6.07, 6.45) is 6.82. The molecule has 6 heteroatoms. The Kier molecular flexibility index (Phi) is 3.98. The lowest BCUT2D eigenvalue weighted by Crippen LogP contribution is -2.16. The Bertz CT molecular complexity index is 700. The molecular weight excluding hydrogens is 268 g/mol. The van der Waals surface area contributed by atoms with Crippen LogP contribution < -0.4 is 0 Å². The van der Waals surface area contributed by atoms with Crippen molar-refractivity contribution in [2.45, 2.75) is 20.3 Å². The van der Waals surface area contributed by atoms with Crippen molar-refractivity contribution >= 4 is 11.0 Å². The molecule has 3 aromatic heterocycles. The van der Waals surface area contributed by atoms with Crippen LogP contribution in [0.25, 0.3) is 22.3 Å². The third-order valence-electron chi connectivity index (χ3n) is 3.23. The zero-order valence-corrected chi connectivity index (χ0v) is 12.1. The fourth-order valence-corrected chi connectivity index (χ4v) is 2.34. The van der Waals surface area contributed by atoms with Gasteiger partial charge >= 0.3 is 0 Å². The number of hydrogen-bond acceptors (Lipinski definition) is 4. The van der Waals surface area contributed by atoms with Crippen molar-refractivity contribution in [3.8, 4) is 11.3 Å². The van der Waals surface area contributed by atoms with Crippen molar-refractivity contribution in [3.05, 3.63) is 37.1 Å². The van der Waals surface area contributed by atoms with E-state index in [9.17, 15) is 0 Å². The van der Waals surface area contributed by atoms with Crippen LogP contribution in [0.5, 0.6) is 0 Å². The number of nitrogens with zero attached hydrogens (tertiary/aromatic N) is 3. The minimum Gasteiger partial charge on any atom is -0.367 e. The molecule has 0 aliphatic heterocycles. The second-order valence-electron chi connectivity index (χ2n) is 4.50. The van der Waals surface area contributed by atoms with Gasteiger partial charge in [-0.3, -0.25) is 4.57 Å². The zero-order chi connectivity index (χ0) is 14.7. The maximum Gasteiger partial charge on any atom is 0.245 e. The van der Waals surface area contributed by atoms with Crippen molar-refractivity contribution in [1.29, 1.82) is 0 Å². The molecular formula is C15H18N4O2. The predicted octanol–water partition coefficient (Wildman–Crippen LogP) is 2.96. The molecule has 110 valence electrons. The lowest BCUT2D eigenvalue weighted by atomic mass is 10.2. The van der Waals surface area contributed by atoms with Gasteiger partial charge in [-0.25, -0.2) is 9.97 Å². The number of rotatable bonds is 6. The van der Waals surface area contributed by atoms with Crippen LogP contribution in [0.3, 0.4) is 0 Å². The SMILES string of the molecule is CCOC(OCC)n1ccc2c(-c3cc[nH]c3)ncnc21. The highest BCUT2D eigenvalue weighted by Gasteiger charge is 2.16. The molecule has 3 heterocycles. The van der Waals surface area contributed by atoms with E-state index in [2.05, 4.69) is 15.0 Å². The first kappa shape index (κ1) is 13.8. The molecule has 0 amide bonds. The number of aromatic nitrogens is 4. The Labute approximate surface area is 122 Å². The van der Waals surface area contributed by atoms with Gasteiger partial charge in [0.15, 0.2) is 0 Å². The first-order chi connectivity index (χ1) is 10.3. The number of hydrogen-bond donors (Lipinski definition) is 1. The van der Waals surface area contributed by atoms with E-state index in [1.807, 2.05) is 49.1 Å². The number of fused-ring (bicyclic) bond motifs is 1. The largest absolute Gasteiger partial charge is 0.367 e. The smallest absolute Gasteiger partial charge is 0.245 e. The average Bonchev–Trinajstić information content (AvgIpc) is 3.16. The van der Waals surface area contributed by atoms with E-state index < -0.39 is 6.41 Å². The van der Waals surface area contributed by atoms with Crippen molar-refractivity contribution < 1.29 is 9.47 Å². The van der Waals surface area contributed by atoms with Crippen LogP contribution in [0, 0.1) is 0 Å². The van der Waals surface area contributed by atoms with Crippen LogP contribution in [0.2, 0.25) is 0 Å². The summed E-state index contributed by atoms with van der Waals surface area (Å²) in [5.41, 5.74) is 2.73. The van der Waals surface area contributed by atoms with Gasteiger partial charge in [-0.1, -0.05) is 0 Å². The van der Waals surface area contributed by atoms with Crippen molar-refractivity contribution in [1.82, 2.24) is 19.5 Å². The molecule has 0 aliphatic rings. The highest BCUT2D eigenvalue weighted by atomic mass is 16.7. The summed E-state index contributed by atoms with van der Waals surface area (Å²) in [6, 6.07) is 3.98. The Hall–Kier alpha value is -2.18. The van der Waals surface area contributed by atoms with Crippen molar-refractivity contribution in [3.63, 3.8) is 0 Å². The quantitative estimate of drug-likeness (QED) is 0.708. The van der Waals surface area contributed by atoms with Crippen molar-refractivity contribution in [2.24, 2.45) is 0 Å². The molecule has 0 saturated carbocycles. The summed E-state index contributed by atoms with van der Waals surface area (Å²) < 4.78 is 13.2. The van der Waals surface area contributed by atoms with Gasteiger partial charge in [0.2, 0.25) is 6.41 Å². The summed E-state index contributed by atoms with van der Waals surface area (Å²) in [4.78, 5) is 11.8. The summed E-state index contributed by atoms with van der Waals surface area (Å²) in [6.45, 7) is 5.02. The number of aromatic amines is 1. The van der Waals surface area contributed by atoms with E-state index in [1.54, 1.807) is 6.33 Å². The molecule has 21 heavy (non-hydrogen) atoms. The van der Waals surface area contributed by atoms with E-state index in [0.717, 1.165) is 22.3 Å². The minimum absolute atomic E-state index is 0.466. The molecule has 0 radical (unpaired) electrons. The molecule has 0 atom stereocenters. The summed E-state index contributed by atoms with van der Waals surface area (Å²) in [5.74, 6) is 0. The zero-order valence-electron chi connectivity index (χ0n) is 12.1. The molecule has 0 fully saturated rings. The van der Waals surface area contributed by atoms with E-state index >= 15 is 0 Å². The van der Waals surface area contributed by atoms with Crippen LogP contribution in [0.15, 0.2) is 37.1 Å². The van der Waals surface area contributed by atoms with E-state index in [0.29, 0.717) is 13.2 Å². The van der Waals surface area contributed by atoms with Crippen LogP contribution in [-0.2, 0) is 9.47 Å². The summed E-state index contributed by atoms with van der Waals surface area (Å²) in [5, 5.41) is 0.974. The number of H-pyrrole nitrogens is 1. The van der Waals surface area contributed by atoms with E-state index in [4.69, 9.17) is 9.47 Å².